The van der Waals surface area contributed by atoms with Crippen molar-refractivity contribution < 1.29 is 9.53 Å². The average Bonchev–Trinajstić information content (AvgIpc) is 3.28. The fraction of sp³-hybridized carbons (Fsp3) is 0.167. The van der Waals surface area contributed by atoms with Crippen LogP contribution in [-0.4, -0.2) is 29.2 Å². The van der Waals surface area contributed by atoms with Gasteiger partial charge in [-0.3, -0.25) is 4.79 Å². The molecule has 0 saturated heterocycles. The third kappa shape index (κ3) is 3.24. The van der Waals surface area contributed by atoms with E-state index in [2.05, 4.69) is 27.0 Å². The summed E-state index contributed by atoms with van der Waals surface area (Å²) in [5.41, 5.74) is 4.46. The summed E-state index contributed by atoms with van der Waals surface area (Å²) in [6, 6.07) is 20.0. The summed E-state index contributed by atoms with van der Waals surface area (Å²) in [7, 11) is 1.70. The first-order valence-electron chi connectivity index (χ1n) is 9.82. The van der Waals surface area contributed by atoms with E-state index in [1.807, 2.05) is 55.5 Å². The molecule has 2 heterocycles. The maximum Gasteiger partial charge on any atom is 0.255 e. The predicted molar refractivity (Wildman–Crippen MR) is 124 cm³/mol. The molecule has 0 aliphatic rings. The molecule has 0 fully saturated rings. The molecule has 150 valence electrons. The number of fused-ring (bicyclic) bond motifs is 4. The standard InChI is InChI=1S/C24H21N3O2S/c1-15-25-20-14-17(8-10-23(20)30-15)26-24(28)16-7-9-19-18-5-3-4-6-21(18)27(11-12-29-2)22(19)13-16/h3-10,13-14H,11-12H2,1-2H3,(H,26,28). The molecule has 0 aliphatic heterocycles. The van der Waals surface area contributed by atoms with Crippen LogP contribution in [0.2, 0.25) is 0 Å². The molecule has 1 N–H and O–H groups in total. The van der Waals surface area contributed by atoms with Gasteiger partial charge in [-0.25, -0.2) is 4.98 Å². The number of para-hydroxylation sites is 1. The van der Waals surface area contributed by atoms with Crippen LogP contribution >= 0.6 is 11.3 Å². The quantitative estimate of drug-likeness (QED) is 0.406. The number of nitrogens with zero attached hydrogens (tertiary/aromatic N) is 2. The molecule has 5 nitrogen and oxygen atoms in total. The fourth-order valence-corrected chi connectivity index (χ4v) is 4.75. The van der Waals surface area contributed by atoms with E-state index < -0.39 is 0 Å². The number of anilines is 1. The molecule has 30 heavy (non-hydrogen) atoms. The van der Waals surface area contributed by atoms with Gasteiger partial charge in [-0.15, -0.1) is 11.3 Å². The number of amides is 1. The lowest BCUT2D eigenvalue weighted by Crippen LogP contribution is -2.12. The van der Waals surface area contributed by atoms with Crippen LogP contribution in [0, 0.1) is 6.92 Å². The number of hydrogen-bond donors (Lipinski definition) is 1. The van der Waals surface area contributed by atoms with Gasteiger partial charge >= 0.3 is 0 Å². The van der Waals surface area contributed by atoms with Gasteiger partial charge in [0.1, 0.15) is 0 Å². The first kappa shape index (κ1) is 18.8. The lowest BCUT2D eigenvalue weighted by molar-refractivity contribution is 0.102. The molecule has 0 saturated carbocycles. The van der Waals surface area contributed by atoms with Crippen molar-refractivity contribution in [2.45, 2.75) is 13.5 Å². The molecule has 0 spiro atoms. The van der Waals surface area contributed by atoms with Crippen LogP contribution in [0.4, 0.5) is 5.69 Å². The number of nitrogens with one attached hydrogen (secondary N) is 1. The van der Waals surface area contributed by atoms with Crippen molar-refractivity contribution in [3.8, 4) is 0 Å². The van der Waals surface area contributed by atoms with E-state index in [4.69, 9.17) is 4.74 Å². The van der Waals surface area contributed by atoms with Crippen LogP contribution in [0.5, 0.6) is 0 Å². The molecule has 3 aromatic carbocycles. The van der Waals surface area contributed by atoms with E-state index in [9.17, 15) is 4.79 Å². The molecule has 0 aliphatic carbocycles. The van der Waals surface area contributed by atoms with Gasteiger partial charge in [0.25, 0.3) is 5.91 Å². The van der Waals surface area contributed by atoms with Crippen LogP contribution < -0.4 is 5.32 Å². The molecule has 5 rings (SSSR count). The predicted octanol–water partition coefficient (Wildman–Crippen LogP) is 5.61. The SMILES string of the molecule is COCCn1c2ccccc2c2ccc(C(=O)Nc3ccc4sc(C)nc4c3)cc21. The Morgan fingerprint density at radius 2 is 1.90 bits per heavy atom. The van der Waals surface area contributed by atoms with Gasteiger partial charge in [0.05, 0.1) is 21.8 Å². The number of aryl methyl sites for hydroxylation is 1. The Bertz CT molecular complexity index is 1400. The smallest absolute Gasteiger partial charge is 0.255 e. The zero-order valence-corrected chi connectivity index (χ0v) is 17.6. The number of thiazole rings is 1. The number of hydrogen-bond acceptors (Lipinski definition) is 4. The van der Waals surface area contributed by atoms with Gasteiger partial charge in [0.15, 0.2) is 0 Å². The van der Waals surface area contributed by atoms with Crippen LogP contribution in [-0.2, 0) is 11.3 Å². The van der Waals surface area contributed by atoms with Gasteiger partial charge in [-0.1, -0.05) is 24.3 Å². The second-order valence-electron chi connectivity index (χ2n) is 7.26. The van der Waals surface area contributed by atoms with Crippen molar-refractivity contribution in [2.24, 2.45) is 0 Å². The summed E-state index contributed by atoms with van der Waals surface area (Å²) in [5.74, 6) is -0.133. The van der Waals surface area contributed by atoms with Crippen molar-refractivity contribution in [1.29, 1.82) is 0 Å². The zero-order chi connectivity index (χ0) is 20.7. The minimum absolute atomic E-state index is 0.133. The largest absolute Gasteiger partial charge is 0.383 e. The second kappa shape index (κ2) is 7.55. The molecule has 2 aromatic heterocycles. The number of carbonyl (C=O) groups is 1. The highest BCUT2D eigenvalue weighted by molar-refractivity contribution is 7.18. The van der Waals surface area contributed by atoms with Gasteiger partial charge in [0, 0.05) is 46.7 Å². The van der Waals surface area contributed by atoms with E-state index in [0.717, 1.165) is 43.9 Å². The highest BCUT2D eigenvalue weighted by Crippen LogP contribution is 2.30. The number of methoxy groups -OCH3 is 1. The highest BCUT2D eigenvalue weighted by Gasteiger charge is 2.14. The van der Waals surface area contributed by atoms with Gasteiger partial charge in [-0.05, 0) is 43.3 Å². The third-order valence-electron chi connectivity index (χ3n) is 5.31. The number of benzene rings is 3. The Morgan fingerprint density at radius 3 is 2.77 bits per heavy atom. The van der Waals surface area contributed by atoms with E-state index in [-0.39, 0.29) is 5.91 Å². The van der Waals surface area contributed by atoms with Crippen molar-refractivity contribution in [3.05, 3.63) is 71.2 Å². The third-order valence-corrected chi connectivity index (χ3v) is 6.26. The molecular formula is C24H21N3O2S. The summed E-state index contributed by atoms with van der Waals surface area (Å²) < 4.78 is 8.64. The number of aromatic nitrogens is 2. The number of rotatable bonds is 5. The van der Waals surface area contributed by atoms with Gasteiger partial charge in [-0.2, -0.15) is 0 Å². The molecule has 0 bridgehead atoms. The molecule has 0 radical (unpaired) electrons. The molecule has 5 aromatic rings. The Morgan fingerprint density at radius 1 is 1.07 bits per heavy atom. The summed E-state index contributed by atoms with van der Waals surface area (Å²) in [5, 5.41) is 6.35. The Balaban J connectivity index is 1.52. The molecular weight excluding hydrogens is 394 g/mol. The van der Waals surface area contributed by atoms with Gasteiger partial charge in [0.2, 0.25) is 0 Å². The Hall–Kier alpha value is -3.22. The van der Waals surface area contributed by atoms with E-state index in [1.54, 1.807) is 18.4 Å². The van der Waals surface area contributed by atoms with Crippen molar-refractivity contribution >= 4 is 55.0 Å². The maximum atomic E-state index is 13.0. The number of carbonyl (C=O) groups excluding carboxylic acids is 1. The normalized spacial score (nSPS) is 11.5. The van der Waals surface area contributed by atoms with Crippen molar-refractivity contribution in [2.75, 3.05) is 19.0 Å². The minimum Gasteiger partial charge on any atom is -0.383 e. The maximum absolute atomic E-state index is 13.0. The molecule has 6 heteroatoms. The van der Waals surface area contributed by atoms with Gasteiger partial charge < -0.3 is 14.6 Å². The van der Waals surface area contributed by atoms with Crippen LogP contribution in [0.1, 0.15) is 15.4 Å². The summed E-state index contributed by atoms with van der Waals surface area (Å²) in [6.07, 6.45) is 0. The summed E-state index contributed by atoms with van der Waals surface area (Å²) >= 11 is 1.65. The van der Waals surface area contributed by atoms with Crippen LogP contribution in [0.15, 0.2) is 60.7 Å². The van der Waals surface area contributed by atoms with E-state index in [0.29, 0.717) is 12.2 Å². The van der Waals surface area contributed by atoms with E-state index >= 15 is 0 Å². The monoisotopic (exact) mass is 415 g/mol. The molecule has 0 unspecified atom stereocenters. The highest BCUT2D eigenvalue weighted by atomic mass is 32.1. The second-order valence-corrected chi connectivity index (χ2v) is 8.50. The number of ether oxygens (including phenoxy) is 1. The van der Waals surface area contributed by atoms with Crippen LogP contribution in [0.25, 0.3) is 32.0 Å². The lowest BCUT2D eigenvalue weighted by atomic mass is 10.1. The minimum atomic E-state index is -0.133. The average molecular weight is 416 g/mol. The topological polar surface area (TPSA) is 56.1 Å². The summed E-state index contributed by atoms with van der Waals surface area (Å²) in [6.45, 7) is 3.32. The van der Waals surface area contributed by atoms with Crippen LogP contribution in [0.3, 0.4) is 0 Å². The first-order valence-corrected chi connectivity index (χ1v) is 10.6. The Kier molecular flexibility index (Phi) is 4.73. The molecule has 1 amide bonds. The first-order chi connectivity index (χ1) is 14.6. The Labute approximate surface area is 177 Å². The van der Waals surface area contributed by atoms with E-state index in [1.165, 1.54) is 5.39 Å². The van der Waals surface area contributed by atoms with Crippen molar-refractivity contribution in [1.82, 2.24) is 9.55 Å². The lowest BCUT2D eigenvalue weighted by Gasteiger charge is -2.09. The van der Waals surface area contributed by atoms with Crippen molar-refractivity contribution in [3.63, 3.8) is 0 Å². The summed E-state index contributed by atoms with van der Waals surface area (Å²) in [4.78, 5) is 17.5. The fourth-order valence-electron chi connectivity index (χ4n) is 3.94. The zero-order valence-electron chi connectivity index (χ0n) is 16.8. The molecule has 0 atom stereocenters.